The first-order valence-corrected chi connectivity index (χ1v) is 9.49. The minimum absolute atomic E-state index is 0.0665. The Labute approximate surface area is 149 Å². The Morgan fingerprint density at radius 2 is 1.72 bits per heavy atom. The Hall–Kier alpha value is -1.88. The Bertz CT molecular complexity index is 600. The average Bonchev–Trinajstić information content (AvgIpc) is 2.60. The maximum atomic E-state index is 12.6. The molecule has 1 aromatic carbocycles. The maximum Gasteiger partial charge on any atom is 0.251 e. The number of rotatable bonds is 5. The molecule has 0 radical (unpaired) electrons. The summed E-state index contributed by atoms with van der Waals surface area (Å²) in [6, 6.07) is 7.69. The van der Waals surface area contributed by atoms with Crippen LogP contribution in [0.2, 0.25) is 0 Å². The highest BCUT2D eigenvalue weighted by atomic mass is 16.2. The Balaban J connectivity index is 1.51. The molecule has 2 unspecified atom stereocenters. The van der Waals surface area contributed by atoms with Gasteiger partial charge >= 0.3 is 0 Å². The fraction of sp³-hybridized carbons (Fsp3) is 0.600. The molecule has 0 heterocycles. The summed E-state index contributed by atoms with van der Waals surface area (Å²) in [7, 11) is 0. The van der Waals surface area contributed by atoms with Crippen molar-refractivity contribution in [1.82, 2.24) is 10.6 Å². The summed E-state index contributed by atoms with van der Waals surface area (Å²) in [5.74, 6) is 1.21. The lowest BCUT2D eigenvalue weighted by Crippen LogP contribution is -2.49. The molecule has 136 valence electrons. The van der Waals surface area contributed by atoms with Gasteiger partial charge in [-0.05, 0) is 62.1 Å². The van der Waals surface area contributed by atoms with E-state index in [0.29, 0.717) is 36.5 Å². The zero-order valence-electron chi connectivity index (χ0n) is 15.0. The predicted octanol–water partition coefficient (Wildman–Crippen LogP) is 2.21. The number of carbonyl (C=O) groups is 2. The van der Waals surface area contributed by atoms with Crippen molar-refractivity contribution >= 4 is 11.8 Å². The molecule has 5 heteroatoms. The Kier molecular flexibility index (Phi) is 5.74. The highest BCUT2D eigenvalue weighted by Crippen LogP contribution is 2.41. The number of amides is 2. The molecule has 5 nitrogen and oxygen atoms in total. The monoisotopic (exact) mass is 343 g/mol. The normalized spacial score (nSPS) is 28.2. The molecule has 2 aliphatic rings. The van der Waals surface area contributed by atoms with E-state index in [-0.39, 0.29) is 17.7 Å². The van der Waals surface area contributed by atoms with Gasteiger partial charge in [0.2, 0.25) is 5.91 Å². The summed E-state index contributed by atoms with van der Waals surface area (Å²) in [5, 5.41) is 5.84. The molecule has 3 rings (SSSR count). The summed E-state index contributed by atoms with van der Waals surface area (Å²) in [4.78, 5) is 24.3. The van der Waals surface area contributed by atoms with E-state index in [1.54, 1.807) is 12.1 Å². The molecule has 25 heavy (non-hydrogen) atoms. The molecule has 4 N–H and O–H groups in total. The minimum atomic E-state index is -0.0665. The number of benzene rings is 1. The Morgan fingerprint density at radius 3 is 2.32 bits per heavy atom. The molecular formula is C20H29N3O2. The van der Waals surface area contributed by atoms with Gasteiger partial charge in [-0.2, -0.15) is 0 Å². The second-order valence-electron chi connectivity index (χ2n) is 7.47. The summed E-state index contributed by atoms with van der Waals surface area (Å²) in [6.07, 6.45) is 5.46. The van der Waals surface area contributed by atoms with Gasteiger partial charge < -0.3 is 16.4 Å². The van der Waals surface area contributed by atoms with Gasteiger partial charge in [-0.3, -0.25) is 9.59 Å². The van der Waals surface area contributed by atoms with Crippen molar-refractivity contribution in [2.45, 2.75) is 51.6 Å². The van der Waals surface area contributed by atoms with Gasteiger partial charge in [0.05, 0.1) is 0 Å². The fourth-order valence-electron chi connectivity index (χ4n) is 4.37. The van der Waals surface area contributed by atoms with Crippen molar-refractivity contribution in [1.29, 1.82) is 0 Å². The minimum Gasteiger partial charge on any atom is -0.352 e. The second kappa shape index (κ2) is 8.00. The lowest BCUT2D eigenvalue weighted by molar-refractivity contribution is -0.128. The van der Waals surface area contributed by atoms with Gasteiger partial charge in [-0.25, -0.2) is 0 Å². The van der Waals surface area contributed by atoms with Crippen LogP contribution in [0.3, 0.4) is 0 Å². The van der Waals surface area contributed by atoms with E-state index in [4.69, 9.17) is 5.73 Å². The number of hydrogen-bond acceptors (Lipinski definition) is 3. The average molecular weight is 343 g/mol. The molecule has 2 saturated carbocycles. The van der Waals surface area contributed by atoms with Gasteiger partial charge in [-0.1, -0.05) is 18.6 Å². The standard InChI is InChI=1S/C20H29N3O2/c1-2-22-19(24)14-8-6-13(7-9-14)12-23-20(25)17-10-15-4-3-5-16(11-17)18(15)21/h6-9,15-18H,2-5,10-12,21H2,1H3,(H,22,24)(H,23,25). The molecule has 1 aromatic rings. The predicted molar refractivity (Wildman–Crippen MR) is 97.8 cm³/mol. The van der Waals surface area contributed by atoms with Crippen LogP contribution >= 0.6 is 0 Å². The van der Waals surface area contributed by atoms with Crippen LogP contribution in [-0.4, -0.2) is 24.4 Å². The first-order valence-electron chi connectivity index (χ1n) is 9.49. The molecular weight excluding hydrogens is 314 g/mol. The molecule has 2 amide bonds. The quantitative estimate of drug-likeness (QED) is 0.766. The largest absolute Gasteiger partial charge is 0.352 e. The molecule has 2 bridgehead atoms. The number of fused-ring (bicyclic) bond motifs is 2. The SMILES string of the molecule is CCNC(=O)c1ccc(CNC(=O)C2CC3CCCC(C2)C3N)cc1. The van der Waals surface area contributed by atoms with E-state index in [1.807, 2.05) is 19.1 Å². The third-order valence-corrected chi connectivity index (χ3v) is 5.80. The first-order chi connectivity index (χ1) is 12.1. The van der Waals surface area contributed by atoms with Crippen LogP contribution in [0.25, 0.3) is 0 Å². The molecule has 0 aliphatic heterocycles. The van der Waals surface area contributed by atoms with E-state index in [1.165, 1.54) is 19.3 Å². The van der Waals surface area contributed by atoms with Gasteiger partial charge in [-0.15, -0.1) is 0 Å². The van der Waals surface area contributed by atoms with Gasteiger partial charge in [0.1, 0.15) is 0 Å². The third kappa shape index (κ3) is 4.21. The summed E-state index contributed by atoms with van der Waals surface area (Å²) in [5.41, 5.74) is 7.96. The highest BCUT2D eigenvalue weighted by Gasteiger charge is 2.40. The smallest absolute Gasteiger partial charge is 0.251 e. The Morgan fingerprint density at radius 1 is 1.08 bits per heavy atom. The zero-order valence-corrected chi connectivity index (χ0v) is 15.0. The van der Waals surface area contributed by atoms with Crippen molar-refractivity contribution in [2.75, 3.05) is 6.54 Å². The molecule has 0 saturated heterocycles. The third-order valence-electron chi connectivity index (χ3n) is 5.80. The molecule has 0 spiro atoms. The summed E-state index contributed by atoms with van der Waals surface area (Å²) in [6.45, 7) is 3.02. The first kappa shape index (κ1) is 17.9. The van der Waals surface area contributed by atoms with Crippen LogP contribution in [0.1, 0.15) is 54.9 Å². The van der Waals surface area contributed by atoms with Gasteiger partial charge in [0, 0.05) is 30.6 Å². The van der Waals surface area contributed by atoms with E-state index < -0.39 is 0 Å². The summed E-state index contributed by atoms with van der Waals surface area (Å²) >= 11 is 0. The van der Waals surface area contributed by atoms with E-state index >= 15 is 0 Å². The lowest BCUT2D eigenvalue weighted by atomic mass is 9.65. The van der Waals surface area contributed by atoms with E-state index in [2.05, 4.69) is 10.6 Å². The van der Waals surface area contributed by atoms with Crippen molar-refractivity contribution in [2.24, 2.45) is 23.5 Å². The molecule has 2 atom stereocenters. The van der Waals surface area contributed by atoms with Crippen LogP contribution < -0.4 is 16.4 Å². The van der Waals surface area contributed by atoms with Crippen molar-refractivity contribution in [3.8, 4) is 0 Å². The van der Waals surface area contributed by atoms with Crippen LogP contribution in [0.15, 0.2) is 24.3 Å². The highest BCUT2D eigenvalue weighted by molar-refractivity contribution is 5.94. The molecule has 0 aromatic heterocycles. The zero-order chi connectivity index (χ0) is 17.8. The maximum absolute atomic E-state index is 12.6. The van der Waals surface area contributed by atoms with Crippen LogP contribution in [0.5, 0.6) is 0 Å². The van der Waals surface area contributed by atoms with E-state index in [9.17, 15) is 9.59 Å². The molecule has 2 fully saturated rings. The van der Waals surface area contributed by atoms with Crippen molar-refractivity contribution in [3.63, 3.8) is 0 Å². The van der Waals surface area contributed by atoms with Crippen molar-refractivity contribution < 1.29 is 9.59 Å². The van der Waals surface area contributed by atoms with Gasteiger partial charge in [0.15, 0.2) is 0 Å². The number of hydrogen-bond donors (Lipinski definition) is 3. The number of nitrogens with two attached hydrogens (primary N) is 1. The van der Waals surface area contributed by atoms with Crippen LogP contribution in [0, 0.1) is 17.8 Å². The summed E-state index contributed by atoms with van der Waals surface area (Å²) < 4.78 is 0. The second-order valence-corrected chi connectivity index (χ2v) is 7.47. The number of nitrogens with one attached hydrogen (secondary N) is 2. The van der Waals surface area contributed by atoms with E-state index in [0.717, 1.165) is 18.4 Å². The fourth-order valence-corrected chi connectivity index (χ4v) is 4.37. The van der Waals surface area contributed by atoms with Crippen LogP contribution in [-0.2, 0) is 11.3 Å². The van der Waals surface area contributed by atoms with Crippen LogP contribution in [0.4, 0.5) is 0 Å². The lowest BCUT2D eigenvalue weighted by Gasteiger charge is -2.43. The number of carbonyl (C=O) groups excluding carboxylic acids is 2. The van der Waals surface area contributed by atoms with Crippen molar-refractivity contribution in [3.05, 3.63) is 35.4 Å². The van der Waals surface area contributed by atoms with Gasteiger partial charge in [0.25, 0.3) is 5.91 Å². The molecule has 2 aliphatic carbocycles. The topological polar surface area (TPSA) is 84.2 Å².